The van der Waals surface area contributed by atoms with E-state index in [9.17, 15) is 19.4 Å². The number of hydrogen-bond acceptors (Lipinski definition) is 6. The Balaban J connectivity index is 3.93. The predicted molar refractivity (Wildman–Crippen MR) is 316 cm³/mol. The largest absolute Gasteiger partial charge is 0.756 e. The highest BCUT2D eigenvalue weighted by molar-refractivity contribution is 7.45. The minimum absolute atomic E-state index is 0.00831. The summed E-state index contributed by atoms with van der Waals surface area (Å²) in [6, 6.07) is -0.908. The van der Waals surface area contributed by atoms with Gasteiger partial charge in [0.15, 0.2) is 0 Å². The summed E-state index contributed by atoms with van der Waals surface area (Å²) in [5.41, 5.74) is 0. The minimum atomic E-state index is -4.61. The molecule has 3 atom stereocenters. The Bertz CT molecular complexity index is 1330. The summed E-state index contributed by atoms with van der Waals surface area (Å²) in [6.45, 7) is 4.62. The number of phosphoric acid groups is 1. The number of carbonyl (C=O) groups excluding carboxylic acids is 1. The quantitative estimate of drug-likeness (QED) is 0.0272. The van der Waals surface area contributed by atoms with Gasteiger partial charge in [-0.1, -0.05) is 274 Å². The standard InChI is InChI=1S/C64H123N2O6P/c1-6-8-10-12-14-16-18-20-22-23-24-25-26-27-28-29-30-31-32-33-34-35-36-37-38-39-40-41-42-43-44-46-48-50-52-54-56-58-64(68)65-62(61-72-73(69,70)71-60-59-66(3,4)5)63(67)57-55-53-51-49-47-45-21-19-17-15-13-11-9-7-2/h17,19,23-24,47,49,55,57,62-63,67H,6-16,18,20-22,25-46,48,50-54,56,58-61H2,1-5H3,(H-,65,68,69,70)/b19-17+,24-23-,49-47+,57-55+. The van der Waals surface area contributed by atoms with Crippen molar-refractivity contribution >= 4 is 13.7 Å². The number of rotatable bonds is 58. The molecule has 0 aromatic carbocycles. The maximum absolute atomic E-state index is 13.0. The van der Waals surface area contributed by atoms with Gasteiger partial charge in [0.2, 0.25) is 5.91 Å². The third-order valence-electron chi connectivity index (χ3n) is 14.2. The summed E-state index contributed by atoms with van der Waals surface area (Å²) < 4.78 is 23.3. The van der Waals surface area contributed by atoms with Gasteiger partial charge in [-0.3, -0.25) is 9.36 Å². The molecule has 430 valence electrons. The number of allylic oxidation sites excluding steroid dienone is 7. The number of unbranched alkanes of at least 4 members (excludes halogenated alkanes) is 39. The zero-order valence-electron chi connectivity index (χ0n) is 49.1. The summed E-state index contributed by atoms with van der Waals surface area (Å²) in [6.07, 6.45) is 73.8. The molecule has 0 aliphatic heterocycles. The fourth-order valence-corrected chi connectivity index (χ4v) is 10.0. The number of amides is 1. The van der Waals surface area contributed by atoms with E-state index >= 15 is 0 Å². The molecular formula is C64H123N2O6P. The summed E-state index contributed by atoms with van der Waals surface area (Å²) in [5.74, 6) is -0.208. The van der Waals surface area contributed by atoms with Crippen LogP contribution in [0.2, 0.25) is 0 Å². The molecule has 8 nitrogen and oxygen atoms in total. The van der Waals surface area contributed by atoms with Crippen molar-refractivity contribution in [2.24, 2.45) is 0 Å². The molecule has 0 rings (SSSR count). The number of nitrogens with zero attached hydrogens (tertiary/aromatic N) is 1. The number of nitrogens with one attached hydrogen (secondary N) is 1. The van der Waals surface area contributed by atoms with Crippen molar-refractivity contribution in [2.75, 3.05) is 40.9 Å². The van der Waals surface area contributed by atoms with Crippen LogP contribution in [-0.4, -0.2) is 68.5 Å². The van der Waals surface area contributed by atoms with Crippen molar-refractivity contribution in [2.45, 2.75) is 315 Å². The second kappa shape index (κ2) is 55.2. The van der Waals surface area contributed by atoms with E-state index in [-0.39, 0.29) is 12.5 Å². The van der Waals surface area contributed by atoms with E-state index in [1.165, 1.54) is 238 Å². The topological polar surface area (TPSA) is 108 Å². The molecule has 0 bridgehead atoms. The molecule has 0 saturated carbocycles. The minimum Gasteiger partial charge on any atom is -0.756 e. The lowest BCUT2D eigenvalue weighted by Crippen LogP contribution is -2.45. The maximum atomic E-state index is 13.0. The number of aliphatic hydroxyl groups is 1. The molecule has 9 heteroatoms. The SMILES string of the molecule is CCCCCC/C=C/CC/C=C/CC/C=C/C(O)C(COP(=O)([O-])OCC[N+](C)(C)C)NC(=O)CCCCCCCCCCCCCCCCCCCCCCCCCCC/C=C\CCCCCCCCCC. The highest BCUT2D eigenvalue weighted by atomic mass is 31.2. The van der Waals surface area contributed by atoms with E-state index in [1.54, 1.807) is 6.08 Å². The normalized spacial score (nSPS) is 14.1. The van der Waals surface area contributed by atoms with Crippen LogP contribution >= 0.6 is 7.82 Å². The average Bonchev–Trinajstić information content (AvgIpc) is 3.35. The number of aliphatic hydroxyl groups excluding tert-OH is 1. The second-order valence-corrected chi connectivity index (χ2v) is 24.2. The number of phosphoric ester groups is 1. The van der Waals surface area contributed by atoms with Crippen LogP contribution in [-0.2, 0) is 18.4 Å². The highest BCUT2D eigenvalue weighted by Crippen LogP contribution is 2.38. The van der Waals surface area contributed by atoms with Gasteiger partial charge < -0.3 is 28.8 Å². The van der Waals surface area contributed by atoms with Gasteiger partial charge in [-0.15, -0.1) is 0 Å². The van der Waals surface area contributed by atoms with Crippen LogP contribution < -0.4 is 10.2 Å². The maximum Gasteiger partial charge on any atom is 0.268 e. The zero-order valence-corrected chi connectivity index (χ0v) is 50.0. The van der Waals surface area contributed by atoms with Gasteiger partial charge in [-0.05, 0) is 70.6 Å². The second-order valence-electron chi connectivity index (χ2n) is 22.7. The summed E-state index contributed by atoms with van der Waals surface area (Å²) in [7, 11) is 1.24. The van der Waals surface area contributed by atoms with Gasteiger partial charge in [0.05, 0.1) is 39.9 Å². The van der Waals surface area contributed by atoms with Gasteiger partial charge >= 0.3 is 0 Å². The smallest absolute Gasteiger partial charge is 0.268 e. The summed E-state index contributed by atoms with van der Waals surface area (Å²) in [5, 5.41) is 13.8. The van der Waals surface area contributed by atoms with E-state index < -0.39 is 26.6 Å². The van der Waals surface area contributed by atoms with E-state index in [4.69, 9.17) is 9.05 Å². The third-order valence-corrected chi connectivity index (χ3v) is 15.2. The van der Waals surface area contributed by atoms with Crippen LogP contribution in [0, 0.1) is 0 Å². The Morgan fingerprint density at radius 2 is 0.767 bits per heavy atom. The molecule has 0 aromatic heterocycles. The Labute approximate surface area is 454 Å². The Morgan fingerprint density at radius 3 is 1.12 bits per heavy atom. The first-order chi connectivity index (χ1) is 35.5. The van der Waals surface area contributed by atoms with E-state index in [2.05, 4.69) is 55.6 Å². The van der Waals surface area contributed by atoms with Gasteiger partial charge in [0.25, 0.3) is 7.82 Å². The average molecular weight is 1050 g/mol. The number of hydrogen-bond donors (Lipinski definition) is 2. The van der Waals surface area contributed by atoms with Crippen molar-refractivity contribution in [3.05, 3.63) is 48.6 Å². The van der Waals surface area contributed by atoms with E-state index in [0.29, 0.717) is 17.4 Å². The van der Waals surface area contributed by atoms with Crippen molar-refractivity contribution in [1.29, 1.82) is 0 Å². The Kier molecular flexibility index (Phi) is 54.1. The van der Waals surface area contributed by atoms with Gasteiger partial charge in [-0.25, -0.2) is 0 Å². The molecule has 1 amide bonds. The lowest BCUT2D eigenvalue weighted by atomic mass is 10.0. The number of quaternary nitrogens is 1. The van der Waals surface area contributed by atoms with Crippen LogP contribution in [0.25, 0.3) is 0 Å². The molecular weight excluding hydrogens is 924 g/mol. The van der Waals surface area contributed by atoms with Crippen molar-refractivity contribution in [3.8, 4) is 0 Å². The van der Waals surface area contributed by atoms with Crippen molar-refractivity contribution < 1.29 is 32.9 Å². The monoisotopic (exact) mass is 1050 g/mol. The molecule has 0 heterocycles. The van der Waals surface area contributed by atoms with Gasteiger partial charge in [-0.2, -0.15) is 0 Å². The fraction of sp³-hybridized carbons (Fsp3) is 0.859. The van der Waals surface area contributed by atoms with Crippen molar-refractivity contribution in [1.82, 2.24) is 5.32 Å². The van der Waals surface area contributed by atoms with Crippen LogP contribution in [0.5, 0.6) is 0 Å². The molecule has 0 aliphatic rings. The van der Waals surface area contributed by atoms with Crippen LogP contribution in [0.4, 0.5) is 0 Å². The van der Waals surface area contributed by atoms with Crippen molar-refractivity contribution in [3.63, 3.8) is 0 Å². The molecule has 3 unspecified atom stereocenters. The fourth-order valence-electron chi connectivity index (χ4n) is 9.30. The molecule has 0 saturated heterocycles. The highest BCUT2D eigenvalue weighted by Gasteiger charge is 2.23. The molecule has 0 aromatic rings. The lowest BCUT2D eigenvalue weighted by Gasteiger charge is -2.29. The van der Waals surface area contributed by atoms with Crippen LogP contribution in [0.1, 0.15) is 303 Å². The molecule has 0 aliphatic carbocycles. The molecule has 0 spiro atoms. The molecule has 73 heavy (non-hydrogen) atoms. The van der Waals surface area contributed by atoms with E-state index in [1.807, 2.05) is 27.2 Å². The van der Waals surface area contributed by atoms with Gasteiger partial charge in [0, 0.05) is 6.42 Å². The Hall–Kier alpha value is -1.54. The van der Waals surface area contributed by atoms with Crippen LogP contribution in [0.15, 0.2) is 48.6 Å². The first-order valence-electron chi connectivity index (χ1n) is 31.5. The van der Waals surface area contributed by atoms with Gasteiger partial charge in [0.1, 0.15) is 13.2 Å². The Morgan fingerprint density at radius 1 is 0.466 bits per heavy atom. The molecule has 0 radical (unpaired) electrons. The lowest BCUT2D eigenvalue weighted by molar-refractivity contribution is -0.870. The summed E-state index contributed by atoms with van der Waals surface area (Å²) in [4.78, 5) is 25.5. The number of likely N-dealkylation sites (N-methyl/N-ethyl adjacent to an activating group) is 1. The zero-order chi connectivity index (χ0) is 53.5. The first-order valence-corrected chi connectivity index (χ1v) is 33.0. The first kappa shape index (κ1) is 71.5. The van der Waals surface area contributed by atoms with Crippen LogP contribution in [0.3, 0.4) is 0 Å². The van der Waals surface area contributed by atoms with E-state index in [0.717, 1.165) is 44.9 Å². The number of carbonyl (C=O) groups is 1. The predicted octanol–water partition coefficient (Wildman–Crippen LogP) is 18.9. The molecule has 2 N–H and O–H groups in total. The third kappa shape index (κ3) is 58.0. The summed E-state index contributed by atoms with van der Waals surface area (Å²) >= 11 is 0. The molecule has 0 fully saturated rings.